The number of nitrogens with one attached hydrogen (secondary N) is 1. The minimum absolute atomic E-state index is 0.0980. The largest absolute Gasteiger partial charge is 0.508 e. The average Bonchev–Trinajstić information content (AvgIpc) is 2.16. The van der Waals surface area contributed by atoms with Gasteiger partial charge in [0.2, 0.25) is 0 Å². The standard InChI is InChI=1S/C11H15NO3/c1-8(2)15-11(14)7-12-9-3-5-10(13)6-4-9/h3-6,8,12-13H,7H2,1-2H3. The highest BCUT2D eigenvalue weighted by molar-refractivity contribution is 5.75. The highest BCUT2D eigenvalue weighted by atomic mass is 16.5. The molecule has 0 unspecified atom stereocenters. The summed E-state index contributed by atoms with van der Waals surface area (Å²) in [6.45, 7) is 3.74. The number of phenolic OH excluding ortho intramolecular Hbond substituents is 1. The van der Waals surface area contributed by atoms with Gasteiger partial charge >= 0.3 is 5.97 Å². The first-order valence-corrected chi connectivity index (χ1v) is 4.80. The van der Waals surface area contributed by atoms with E-state index in [0.29, 0.717) is 0 Å². The number of aromatic hydroxyl groups is 1. The van der Waals surface area contributed by atoms with E-state index in [1.807, 2.05) is 0 Å². The van der Waals surface area contributed by atoms with E-state index in [-0.39, 0.29) is 24.4 Å². The second-order valence-electron chi connectivity index (χ2n) is 3.44. The number of anilines is 1. The van der Waals surface area contributed by atoms with Crippen LogP contribution >= 0.6 is 0 Å². The third kappa shape index (κ3) is 4.35. The number of carbonyl (C=O) groups is 1. The minimum atomic E-state index is -0.293. The molecule has 0 saturated carbocycles. The lowest BCUT2D eigenvalue weighted by Crippen LogP contribution is -2.20. The average molecular weight is 209 g/mol. The smallest absolute Gasteiger partial charge is 0.325 e. The highest BCUT2D eigenvalue weighted by Crippen LogP contribution is 2.13. The van der Waals surface area contributed by atoms with Crippen molar-refractivity contribution in [3.63, 3.8) is 0 Å². The number of benzene rings is 1. The van der Waals surface area contributed by atoms with Crippen molar-refractivity contribution >= 4 is 11.7 Å². The van der Waals surface area contributed by atoms with Gasteiger partial charge in [-0.1, -0.05) is 0 Å². The van der Waals surface area contributed by atoms with E-state index in [2.05, 4.69) is 5.32 Å². The summed E-state index contributed by atoms with van der Waals surface area (Å²) in [6.07, 6.45) is -0.0980. The van der Waals surface area contributed by atoms with Gasteiger partial charge in [-0.15, -0.1) is 0 Å². The molecule has 4 nitrogen and oxygen atoms in total. The lowest BCUT2D eigenvalue weighted by Gasteiger charge is -2.09. The Kier molecular flexibility index (Phi) is 3.97. The van der Waals surface area contributed by atoms with E-state index in [0.717, 1.165) is 5.69 Å². The molecule has 82 valence electrons. The summed E-state index contributed by atoms with van der Waals surface area (Å²) >= 11 is 0. The molecular formula is C11H15NO3. The van der Waals surface area contributed by atoms with Crippen LogP contribution in [0.1, 0.15) is 13.8 Å². The van der Waals surface area contributed by atoms with Crippen LogP contribution in [-0.4, -0.2) is 23.7 Å². The third-order valence-electron chi connectivity index (χ3n) is 1.67. The van der Waals surface area contributed by atoms with Gasteiger partial charge in [-0.2, -0.15) is 0 Å². The van der Waals surface area contributed by atoms with Crippen LogP contribution in [0.2, 0.25) is 0 Å². The Morgan fingerprint density at radius 2 is 2.00 bits per heavy atom. The van der Waals surface area contributed by atoms with Crippen molar-refractivity contribution in [2.75, 3.05) is 11.9 Å². The Bertz CT molecular complexity index is 319. The van der Waals surface area contributed by atoms with Crippen LogP contribution in [-0.2, 0) is 9.53 Å². The van der Waals surface area contributed by atoms with Gasteiger partial charge in [0.15, 0.2) is 0 Å². The molecule has 0 saturated heterocycles. The summed E-state index contributed by atoms with van der Waals surface area (Å²) in [7, 11) is 0. The van der Waals surface area contributed by atoms with Gasteiger partial charge in [-0.3, -0.25) is 4.79 Å². The molecule has 1 aromatic carbocycles. The van der Waals surface area contributed by atoms with Crippen LogP contribution in [0.4, 0.5) is 5.69 Å². The Morgan fingerprint density at radius 3 is 2.53 bits per heavy atom. The number of esters is 1. The molecule has 0 amide bonds. The first-order valence-electron chi connectivity index (χ1n) is 4.80. The lowest BCUT2D eigenvalue weighted by molar-refractivity contribution is -0.145. The van der Waals surface area contributed by atoms with Crippen molar-refractivity contribution in [3.8, 4) is 5.75 Å². The fourth-order valence-electron chi connectivity index (χ4n) is 1.06. The number of ether oxygens (including phenoxy) is 1. The van der Waals surface area contributed by atoms with Crippen molar-refractivity contribution in [1.29, 1.82) is 0 Å². The molecule has 1 rings (SSSR count). The van der Waals surface area contributed by atoms with E-state index in [9.17, 15) is 4.79 Å². The summed E-state index contributed by atoms with van der Waals surface area (Å²) in [5.74, 6) is -0.0941. The molecule has 0 aliphatic heterocycles. The van der Waals surface area contributed by atoms with E-state index in [1.165, 1.54) is 0 Å². The highest BCUT2D eigenvalue weighted by Gasteiger charge is 2.04. The minimum Gasteiger partial charge on any atom is -0.508 e. The number of hydrogen-bond acceptors (Lipinski definition) is 4. The Hall–Kier alpha value is -1.71. The number of hydrogen-bond donors (Lipinski definition) is 2. The zero-order valence-electron chi connectivity index (χ0n) is 8.86. The second-order valence-corrected chi connectivity index (χ2v) is 3.44. The number of rotatable bonds is 4. The molecule has 0 heterocycles. The SMILES string of the molecule is CC(C)OC(=O)CNc1ccc(O)cc1. The maximum Gasteiger partial charge on any atom is 0.325 e. The molecule has 0 aliphatic rings. The molecule has 0 aromatic heterocycles. The lowest BCUT2D eigenvalue weighted by atomic mass is 10.3. The molecule has 4 heteroatoms. The molecule has 1 aromatic rings. The molecule has 2 N–H and O–H groups in total. The number of phenols is 1. The van der Waals surface area contributed by atoms with Crippen molar-refractivity contribution in [1.82, 2.24) is 0 Å². The van der Waals surface area contributed by atoms with Crippen molar-refractivity contribution < 1.29 is 14.6 Å². The van der Waals surface area contributed by atoms with Gasteiger partial charge < -0.3 is 15.2 Å². The summed E-state index contributed by atoms with van der Waals surface area (Å²) in [6, 6.07) is 6.49. The van der Waals surface area contributed by atoms with Crippen LogP contribution in [0.15, 0.2) is 24.3 Å². The predicted octanol–water partition coefficient (Wildman–Crippen LogP) is 1.76. The Balaban J connectivity index is 2.37. The molecule has 0 atom stereocenters. The molecule has 0 spiro atoms. The maximum atomic E-state index is 11.2. The summed E-state index contributed by atoms with van der Waals surface area (Å²) in [5.41, 5.74) is 0.772. The van der Waals surface area contributed by atoms with Gasteiger partial charge in [0.05, 0.1) is 6.10 Å². The molecule has 0 radical (unpaired) electrons. The van der Waals surface area contributed by atoms with Crippen LogP contribution in [0.3, 0.4) is 0 Å². The Labute approximate surface area is 88.9 Å². The zero-order chi connectivity index (χ0) is 11.3. The fraction of sp³-hybridized carbons (Fsp3) is 0.364. The molecular weight excluding hydrogens is 194 g/mol. The first kappa shape index (κ1) is 11.4. The Morgan fingerprint density at radius 1 is 1.40 bits per heavy atom. The van der Waals surface area contributed by atoms with Gasteiger partial charge in [0, 0.05) is 5.69 Å². The normalized spacial score (nSPS) is 10.1. The van der Waals surface area contributed by atoms with Crippen LogP contribution in [0, 0.1) is 0 Å². The summed E-state index contributed by atoms with van der Waals surface area (Å²) < 4.78 is 4.94. The van der Waals surface area contributed by atoms with Crippen molar-refractivity contribution in [2.24, 2.45) is 0 Å². The predicted molar refractivity (Wildman–Crippen MR) is 57.8 cm³/mol. The molecule has 0 aliphatic carbocycles. The fourth-order valence-corrected chi connectivity index (χ4v) is 1.06. The molecule has 0 fully saturated rings. The van der Waals surface area contributed by atoms with Gasteiger partial charge in [0.25, 0.3) is 0 Å². The van der Waals surface area contributed by atoms with E-state index < -0.39 is 0 Å². The van der Waals surface area contributed by atoms with Crippen molar-refractivity contribution in [3.05, 3.63) is 24.3 Å². The topological polar surface area (TPSA) is 58.6 Å². The van der Waals surface area contributed by atoms with Crippen LogP contribution < -0.4 is 5.32 Å². The van der Waals surface area contributed by atoms with Crippen LogP contribution in [0.5, 0.6) is 5.75 Å². The zero-order valence-corrected chi connectivity index (χ0v) is 8.86. The summed E-state index contributed by atoms with van der Waals surface area (Å²) in [4.78, 5) is 11.2. The monoisotopic (exact) mass is 209 g/mol. The first-order chi connectivity index (χ1) is 7.08. The van der Waals surface area contributed by atoms with E-state index >= 15 is 0 Å². The second kappa shape index (κ2) is 5.24. The van der Waals surface area contributed by atoms with Crippen LogP contribution in [0.25, 0.3) is 0 Å². The number of carbonyl (C=O) groups excluding carboxylic acids is 1. The molecule has 15 heavy (non-hydrogen) atoms. The van der Waals surface area contributed by atoms with Crippen molar-refractivity contribution in [2.45, 2.75) is 20.0 Å². The maximum absolute atomic E-state index is 11.2. The van der Waals surface area contributed by atoms with E-state index in [4.69, 9.17) is 9.84 Å². The third-order valence-corrected chi connectivity index (χ3v) is 1.67. The molecule has 0 bridgehead atoms. The van der Waals surface area contributed by atoms with Gasteiger partial charge in [0.1, 0.15) is 12.3 Å². The van der Waals surface area contributed by atoms with E-state index in [1.54, 1.807) is 38.1 Å². The summed E-state index contributed by atoms with van der Waals surface area (Å²) in [5, 5.41) is 11.9. The van der Waals surface area contributed by atoms with Gasteiger partial charge in [-0.25, -0.2) is 0 Å². The van der Waals surface area contributed by atoms with Gasteiger partial charge in [-0.05, 0) is 38.1 Å². The quantitative estimate of drug-likeness (QED) is 0.586.